The van der Waals surface area contributed by atoms with Crippen molar-refractivity contribution in [3.05, 3.63) is 101 Å². The lowest BCUT2D eigenvalue weighted by Crippen LogP contribution is -2.35. The number of allylic oxidation sites excluding steroid dienone is 2. The number of benzene rings is 2. The minimum Gasteiger partial charge on any atom is -0.345 e. The normalized spacial score (nSPS) is 13.0. The molecule has 4 nitrogen and oxygen atoms in total. The number of rotatable bonds is 10. The Morgan fingerprint density at radius 3 is 2.45 bits per heavy atom. The predicted molar refractivity (Wildman–Crippen MR) is 127 cm³/mol. The van der Waals surface area contributed by atoms with Crippen LogP contribution in [0.25, 0.3) is 0 Å². The number of unbranched alkanes of at least 4 members (excludes halogenated alkanes) is 1. The number of nitrogens with one attached hydrogen (secondary N) is 1. The third-order valence-electron chi connectivity index (χ3n) is 5.13. The number of carbonyl (C=O) groups excluding carboxylic acids is 1. The van der Waals surface area contributed by atoms with Crippen LogP contribution in [0.2, 0.25) is 5.02 Å². The summed E-state index contributed by atoms with van der Waals surface area (Å²) in [6, 6.07) is 11.1. The third-order valence-corrected chi connectivity index (χ3v) is 5.38. The fourth-order valence-electron chi connectivity index (χ4n) is 3.29. The Labute approximate surface area is 197 Å². The van der Waals surface area contributed by atoms with Crippen LogP contribution in [0.15, 0.2) is 85.1 Å². The van der Waals surface area contributed by atoms with Crippen LogP contribution < -0.4 is 16.2 Å². The maximum Gasteiger partial charge on any atom is 0.416 e. The van der Waals surface area contributed by atoms with Gasteiger partial charge in [0.2, 0.25) is 0 Å². The molecule has 2 aromatic rings. The SMILES string of the molecule is C=CCCC[C@H](NC(=O)/C(C=C)=C(\C)N(N)c1ccc(Cl)cc1)c1cccc(C(F)(F)F)c1. The molecule has 0 bridgehead atoms. The van der Waals surface area contributed by atoms with Gasteiger partial charge in [-0.15, -0.1) is 6.58 Å². The number of carbonyl (C=O) groups is 1. The van der Waals surface area contributed by atoms with Crippen LogP contribution in [0.1, 0.15) is 43.4 Å². The van der Waals surface area contributed by atoms with Gasteiger partial charge in [-0.05, 0) is 68.1 Å². The Morgan fingerprint density at radius 2 is 1.88 bits per heavy atom. The molecule has 8 heteroatoms. The smallest absolute Gasteiger partial charge is 0.345 e. The molecule has 0 spiro atoms. The summed E-state index contributed by atoms with van der Waals surface area (Å²) in [5.41, 5.74) is 0.816. The van der Waals surface area contributed by atoms with E-state index in [1.54, 1.807) is 43.3 Å². The number of hydrogen-bond donors (Lipinski definition) is 2. The second-order valence-corrected chi connectivity index (χ2v) is 7.85. The van der Waals surface area contributed by atoms with Gasteiger partial charge in [0, 0.05) is 10.7 Å². The molecule has 0 saturated heterocycles. The van der Waals surface area contributed by atoms with Gasteiger partial charge in [0.15, 0.2) is 0 Å². The van der Waals surface area contributed by atoms with Crippen molar-refractivity contribution < 1.29 is 18.0 Å². The first-order chi connectivity index (χ1) is 15.6. The number of nitrogens with two attached hydrogens (primary N) is 1. The van der Waals surface area contributed by atoms with Crippen LogP contribution in [0, 0.1) is 0 Å². The number of halogens is 4. The first-order valence-corrected chi connectivity index (χ1v) is 10.7. The summed E-state index contributed by atoms with van der Waals surface area (Å²) in [6.45, 7) is 9.04. The topological polar surface area (TPSA) is 58.4 Å². The van der Waals surface area contributed by atoms with Crippen molar-refractivity contribution in [1.29, 1.82) is 0 Å². The standard InChI is InChI=1S/C25H27ClF3N3O/c1-4-6-7-11-23(18-9-8-10-19(16-18)25(27,28)29)31-24(33)22(5-2)17(3)32(30)21-14-12-20(26)13-15-21/h4-5,8-10,12-16,23H,1-2,6-7,11,30H2,3H3,(H,31,33)/b22-17+/t23-/m0/s1. The number of anilines is 1. The van der Waals surface area contributed by atoms with Gasteiger partial charge in [-0.1, -0.05) is 42.5 Å². The highest BCUT2D eigenvalue weighted by atomic mass is 35.5. The number of hydrazine groups is 1. The molecule has 0 saturated carbocycles. The molecule has 1 amide bonds. The van der Waals surface area contributed by atoms with E-state index >= 15 is 0 Å². The quantitative estimate of drug-likeness (QED) is 0.0997. The minimum absolute atomic E-state index is 0.202. The van der Waals surface area contributed by atoms with E-state index in [9.17, 15) is 18.0 Å². The van der Waals surface area contributed by atoms with E-state index in [4.69, 9.17) is 17.4 Å². The average molecular weight is 478 g/mol. The maximum absolute atomic E-state index is 13.2. The number of nitrogens with zero attached hydrogens (tertiary/aromatic N) is 1. The molecule has 0 aromatic heterocycles. The summed E-state index contributed by atoms with van der Waals surface area (Å²) in [5.74, 6) is 5.69. The van der Waals surface area contributed by atoms with Crippen molar-refractivity contribution in [2.75, 3.05) is 5.01 Å². The van der Waals surface area contributed by atoms with Crippen molar-refractivity contribution in [2.45, 2.75) is 38.4 Å². The van der Waals surface area contributed by atoms with Crippen molar-refractivity contribution in [3.63, 3.8) is 0 Å². The molecule has 0 radical (unpaired) electrons. The molecular weight excluding hydrogens is 451 g/mol. The Hall–Kier alpha value is -3.03. The van der Waals surface area contributed by atoms with Gasteiger partial charge >= 0.3 is 6.18 Å². The van der Waals surface area contributed by atoms with Gasteiger partial charge in [-0.3, -0.25) is 9.80 Å². The lowest BCUT2D eigenvalue weighted by atomic mass is 9.98. The molecule has 176 valence electrons. The van der Waals surface area contributed by atoms with Crippen molar-refractivity contribution in [3.8, 4) is 0 Å². The fraction of sp³-hybridized carbons (Fsp3) is 0.240. The molecule has 2 rings (SSSR count). The molecular formula is C25H27ClF3N3O. The van der Waals surface area contributed by atoms with Crippen LogP contribution in [0.4, 0.5) is 18.9 Å². The maximum atomic E-state index is 13.2. The molecule has 1 atom stereocenters. The summed E-state index contributed by atoms with van der Waals surface area (Å²) >= 11 is 5.91. The molecule has 0 unspecified atom stereocenters. The molecule has 33 heavy (non-hydrogen) atoms. The van der Waals surface area contributed by atoms with Crippen LogP contribution in [-0.4, -0.2) is 5.91 Å². The first kappa shape index (κ1) is 26.2. The molecule has 0 heterocycles. The van der Waals surface area contributed by atoms with Gasteiger partial charge in [-0.25, -0.2) is 5.84 Å². The monoisotopic (exact) mass is 477 g/mol. The Balaban J connectivity index is 2.34. The Kier molecular flexibility index (Phi) is 9.32. The van der Waals surface area contributed by atoms with E-state index in [1.165, 1.54) is 17.2 Å². The molecule has 3 N–H and O–H groups in total. The summed E-state index contributed by atoms with van der Waals surface area (Å²) in [4.78, 5) is 13.1. The highest BCUT2D eigenvalue weighted by Gasteiger charge is 2.31. The van der Waals surface area contributed by atoms with Crippen molar-refractivity contribution in [2.24, 2.45) is 5.84 Å². The molecule has 2 aromatic carbocycles. The largest absolute Gasteiger partial charge is 0.416 e. The lowest BCUT2D eigenvalue weighted by molar-refractivity contribution is -0.137. The summed E-state index contributed by atoms with van der Waals surface area (Å²) in [5, 5.41) is 4.71. The number of alkyl halides is 3. The van der Waals surface area contributed by atoms with Crippen LogP contribution in [-0.2, 0) is 11.0 Å². The van der Waals surface area contributed by atoms with Crippen LogP contribution >= 0.6 is 11.6 Å². The first-order valence-electron chi connectivity index (χ1n) is 10.3. The molecule has 0 aliphatic carbocycles. The zero-order valence-corrected chi connectivity index (χ0v) is 19.1. The van der Waals surface area contributed by atoms with E-state index in [1.807, 2.05) is 0 Å². The van der Waals surface area contributed by atoms with Gasteiger partial charge in [0.25, 0.3) is 5.91 Å². The van der Waals surface area contributed by atoms with Gasteiger partial charge in [-0.2, -0.15) is 13.2 Å². The van der Waals surface area contributed by atoms with E-state index < -0.39 is 23.7 Å². The van der Waals surface area contributed by atoms with E-state index in [0.717, 1.165) is 12.1 Å². The molecule has 0 aliphatic rings. The second-order valence-electron chi connectivity index (χ2n) is 7.42. The van der Waals surface area contributed by atoms with E-state index in [2.05, 4.69) is 18.5 Å². The van der Waals surface area contributed by atoms with Crippen LogP contribution in [0.5, 0.6) is 0 Å². The zero-order chi connectivity index (χ0) is 24.6. The summed E-state index contributed by atoms with van der Waals surface area (Å²) < 4.78 is 39.6. The lowest BCUT2D eigenvalue weighted by Gasteiger charge is -2.24. The van der Waals surface area contributed by atoms with Gasteiger partial charge < -0.3 is 5.32 Å². The minimum atomic E-state index is -4.48. The van der Waals surface area contributed by atoms with Crippen molar-refractivity contribution >= 4 is 23.2 Å². The van der Waals surface area contributed by atoms with Gasteiger partial charge in [0.05, 0.1) is 22.9 Å². The third kappa shape index (κ3) is 7.23. The van der Waals surface area contributed by atoms with E-state index in [0.29, 0.717) is 41.2 Å². The average Bonchev–Trinajstić information content (AvgIpc) is 2.78. The van der Waals surface area contributed by atoms with Crippen LogP contribution in [0.3, 0.4) is 0 Å². The molecule has 0 fully saturated rings. The summed E-state index contributed by atoms with van der Waals surface area (Å²) in [7, 11) is 0. The van der Waals surface area contributed by atoms with E-state index in [-0.39, 0.29) is 5.57 Å². The second kappa shape index (κ2) is 11.7. The predicted octanol–water partition coefficient (Wildman–Crippen LogP) is 6.71. The van der Waals surface area contributed by atoms with Gasteiger partial charge in [0.1, 0.15) is 0 Å². The molecule has 0 aliphatic heterocycles. The highest BCUT2D eigenvalue weighted by molar-refractivity contribution is 6.30. The highest BCUT2D eigenvalue weighted by Crippen LogP contribution is 2.32. The number of hydrogen-bond acceptors (Lipinski definition) is 3. The zero-order valence-electron chi connectivity index (χ0n) is 18.3. The Bertz CT molecular complexity index is 1020. The fourth-order valence-corrected chi connectivity index (χ4v) is 3.41. The number of amides is 1. The summed E-state index contributed by atoms with van der Waals surface area (Å²) in [6.07, 6.45) is 0.363. The van der Waals surface area contributed by atoms with Crippen molar-refractivity contribution in [1.82, 2.24) is 5.32 Å². The Morgan fingerprint density at radius 1 is 1.21 bits per heavy atom.